The number of carbonyl (C=O) groups excluding carboxylic acids is 1. The van der Waals surface area contributed by atoms with E-state index in [9.17, 15) is 4.79 Å². The number of hydrogen-bond acceptors (Lipinski definition) is 3. The average Bonchev–Trinajstić information content (AvgIpc) is 2.89. The van der Waals surface area contributed by atoms with Gasteiger partial charge in [-0.15, -0.1) is 0 Å². The minimum atomic E-state index is -0.0684. The number of carbonyl (C=O) groups is 1. The molecule has 4 nitrogen and oxygen atoms in total. The van der Waals surface area contributed by atoms with Gasteiger partial charge in [0.1, 0.15) is 12.0 Å². The molecule has 0 radical (unpaired) electrons. The van der Waals surface area contributed by atoms with Crippen molar-refractivity contribution in [1.82, 2.24) is 9.97 Å². The number of anilines is 1. The Morgan fingerprint density at radius 1 is 1.47 bits per heavy atom. The molecule has 2 rings (SSSR count). The first-order valence-corrected chi connectivity index (χ1v) is 5.32. The van der Waals surface area contributed by atoms with Crippen molar-refractivity contribution in [2.75, 3.05) is 5.32 Å². The maximum atomic E-state index is 11.6. The van der Waals surface area contributed by atoms with Crippen LogP contribution in [0.4, 0.5) is 5.69 Å². The molecule has 0 spiro atoms. The molecule has 1 heterocycles. The summed E-state index contributed by atoms with van der Waals surface area (Å²) in [6.45, 7) is 2.02. The predicted octanol–water partition coefficient (Wildman–Crippen LogP) is 2.38. The maximum absolute atomic E-state index is 11.6. The van der Waals surface area contributed by atoms with Gasteiger partial charge in [0.2, 0.25) is 5.91 Å². The summed E-state index contributed by atoms with van der Waals surface area (Å²) < 4.78 is 0. The van der Waals surface area contributed by atoms with E-state index in [1.165, 1.54) is 6.33 Å². The fourth-order valence-electron chi connectivity index (χ4n) is 1.35. The molecule has 1 aliphatic carbocycles. The third-order valence-corrected chi connectivity index (χ3v) is 3.02. The number of nitrogens with zero attached hydrogens (tertiary/aromatic N) is 2. The summed E-state index contributed by atoms with van der Waals surface area (Å²) in [7, 11) is 0. The average molecular weight is 246 g/mol. The topological polar surface area (TPSA) is 54.9 Å². The lowest BCUT2D eigenvalue weighted by molar-refractivity contribution is -0.117. The standard InChI is InChI=1S/C9H9Cl2N3O/c1-4-2-5(4)9(15)14-6-7(10)12-3-13-8(6)11/h3-5H,2H2,1H3,(H,14,15). The third kappa shape index (κ3) is 2.21. The molecule has 6 heteroatoms. The van der Waals surface area contributed by atoms with E-state index in [4.69, 9.17) is 23.2 Å². The molecule has 1 saturated carbocycles. The summed E-state index contributed by atoms with van der Waals surface area (Å²) >= 11 is 11.6. The van der Waals surface area contributed by atoms with Crippen LogP contribution in [0.2, 0.25) is 10.3 Å². The fourth-order valence-corrected chi connectivity index (χ4v) is 1.76. The number of rotatable bonds is 2. The minimum Gasteiger partial charge on any atom is -0.321 e. The Morgan fingerprint density at radius 3 is 2.47 bits per heavy atom. The SMILES string of the molecule is CC1CC1C(=O)Nc1c(Cl)ncnc1Cl. The Hall–Kier alpha value is -0.870. The summed E-state index contributed by atoms with van der Waals surface area (Å²) in [4.78, 5) is 19.1. The normalized spacial score (nSPS) is 23.7. The van der Waals surface area contributed by atoms with Crippen molar-refractivity contribution >= 4 is 34.8 Å². The molecular weight excluding hydrogens is 237 g/mol. The maximum Gasteiger partial charge on any atom is 0.227 e. The molecule has 1 aromatic rings. The van der Waals surface area contributed by atoms with Crippen molar-refractivity contribution in [1.29, 1.82) is 0 Å². The van der Waals surface area contributed by atoms with Gasteiger partial charge in [-0.2, -0.15) is 0 Å². The van der Waals surface area contributed by atoms with Gasteiger partial charge in [0.15, 0.2) is 10.3 Å². The highest BCUT2D eigenvalue weighted by molar-refractivity contribution is 6.38. The molecule has 1 aromatic heterocycles. The van der Waals surface area contributed by atoms with Crippen LogP contribution in [0.1, 0.15) is 13.3 Å². The Kier molecular flexibility index (Phi) is 2.80. The zero-order chi connectivity index (χ0) is 11.0. The highest BCUT2D eigenvalue weighted by Gasteiger charge is 2.39. The highest BCUT2D eigenvalue weighted by atomic mass is 35.5. The molecule has 1 amide bonds. The van der Waals surface area contributed by atoms with E-state index >= 15 is 0 Å². The molecule has 0 saturated heterocycles. The summed E-state index contributed by atoms with van der Waals surface area (Å²) in [5, 5.41) is 2.97. The predicted molar refractivity (Wildman–Crippen MR) is 58.0 cm³/mol. The van der Waals surface area contributed by atoms with Crippen LogP contribution in [-0.4, -0.2) is 15.9 Å². The summed E-state index contributed by atoms with van der Waals surface area (Å²) in [5.41, 5.74) is 0.296. The summed E-state index contributed by atoms with van der Waals surface area (Å²) in [5.74, 6) is 0.436. The van der Waals surface area contributed by atoms with Gasteiger partial charge in [-0.05, 0) is 12.3 Å². The number of hydrogen-bond donors (Lipinski definition) is 1. The first-order chi connectivity index (χ1) is 7.09. The van der Waals surface area contributed by atoms with Crippen LogP contribution in [0, 0.1) is 11.8 Å². The molecule has 2 unspecified atom stereocenters. The lowest BCUT2D eigenvalue weighted by Gasteiger charge is -2.06. The van der Waals surface area contributed by atoms with E-state index in [1.54, 1.807) is 0 Å². The number of nitrogens with one attached hydrogen (secondary N) is 1. The molecule has 0 bridgehead atoms. The first kappa shape index (κ1) is 10.6. The summed E-state index contributed by atoms with van der Waals surface area (Å²) in [6.07, 6.45) is 2.16. The molecule has 80 valence electrons. The third-order valence-electron chi connectivity index (χ3n) is 2.45. The number of aromatic nitrogens is 2. The zero-order valence-corrected chi connectivity index (χ0v) is 9.51. The Balaban J connectivity index is 2.13. The van der Waals surface area contributed by atoms with Gasteiger partial charge in [0, 0.05) is 5.92 Å². The number of halogens is 2. The van der Waals surface area contributed by atoms with Crippen molar-refractivity contribution in [3.8, 4) is 0 Å². The van der Waals surface area contributed by atoms with E-state index in [0.717, 1.165) is 6.42 Å². The Morgan fingerprint density at radius 2 is 2.00 bits per heavy atom. The van der Waals surface area contributed by atoms with Crippen LogP contribution in [0.15, 0.2) is 6.33 Å². The van der Waals surface area contributed by atoms with Gasteiger partial charge < -0.3 is 5.32 Å². The lowest BCUT2D eigenvalue weighted by atomic mass is 10.3. The van der Waals surface area contributed by atoms with E-state index in [1.807, 2.05) is 6.92 Å². The molecule has 15 heavy (non-hydrogen) atoms. The monoisotopic (exact) mass is 245 g/mol. The smallest absolute Gasteiger partial charge is 0.227 e. The van der Waals surface area contributed by atoms with Crippen LogP contribution in [0.3, 0.4) is 0 Å². The van der Waals surface area contributed by atoms with Crippen molar-refractivity contribution in [2.45, 2.75) is 13.3 Å². The van der Waals surface area contributed by atoms with Gasteiger partial charge in [-0.3, -0.25) is 4.79 Å². The van der Waals surface area contributed by atoms with Gasteiger partial charge in [0.25, 0.3) is 0 Å². The first-order valence-electron chi connectivity index (χ1n) is 4.56. The van der Waals surface area contributed by atoms with Crippen LogP contribution < -0.4 is 5.32 Å². The van der Waals surface area contributed by atoms with Crippen LogP contribution >= 0.6 is 23.2 Å². The molecule has 0 aromatic carbocycles. The van der Waals surface area contributed by atoms with E-state index in [0.29, 0.717) is 11.6 Å². The minimum absolute atomic E-state index is 0.0670. The van der Waals surface area contributed by atoms with Gasteiger partial charge in [-0.25, -0.2) is 9.97 Å². The number of amides is 1. The fraction of sp³-hybridized carbons (Fsp3) is 0.444. The van der Waals surface area contributed by atoms with Crippen LogP contribution in [-0.2, 0) is 4.79 Å². The van der Waals surface area contributed by atoms with Crippen molar-refractivity contribution < 1.29 is 4.79 Å². The van der Waals surface area contributed by atoms with Crippen molar-refractivity contribution in [3.63, 3.8) is 0 Å². The quantitative estimate of drug-likeness (QED) is 0.815. The molecule has 0 aliphatic heterocycles. The highest BCUT2D eigenvalue weighted by Crippen LogP contribution is 2.39. The van der Waals surface area contributed by atoms with Gasteiger partial charge >= 0.3 is 0 Å². The molecule has 1 aliphatic rings. The van der Waals surface area contributed by atoms with E-state index in [-0.39, 0.29) is 22.1 Å². The lowest BCUT2D eigenvalue weighted by Crippen LogP contribution is -2.15. The van der Waals surface area contributed by atoms with Gasteiger partial charge in [-0.1, -0.05) is 30.1 Å². The van der Waals surface area contributed by atoms with Gasteiger partial charge in [0.05, 0.1) is 0 Å². The van der Waals surface area contributed by atoms with Crippen LogP contribution in [0.5, 0.6) is 0 Å². The second kappa shape index (κ2) is 3.94. The van der Waals surface area contributed by atoms with Crippen LogP contribution in [0.25, 0.3) is 0 Å². The molecular formula is C9H9Cl2N3O. The second-order valence-corrected chi connectivity index (χ2v) is 4.36. The molecule has 2 atom stereocenters. The molecule has 1 N–H and O–H groups in total. The molecule has 1 fully saturated rings. The van der Waals surface area contributed by atoms with E-state index in [2.05, 4.69) is 15.3 Å². The zero-order valence-electron chi connectivity index (χ0n) is 8.00. The second-order valence-electron chi connectivity index (χ2n) is 3.64. The van der Waals surface area contributed by atoms with Crippen molar-refractivity contribution in [3.05, 3.63) is 16.6 Å². The van der Waals surface area contributed by atoms with Crippen molar-refractivity contribution in [2.24, 2.45) is 11.8 Å². The Bertz CT molecular complexity index is 390. The largest absolute Gasteiger partial charge is 0.321 e. The summed E-state index contributed by atoms with van der Waals surface area (Å²) in [6, 6.07) is 0. The van der Waals surface area contributed by atoms with E-state index < -0.39 is 0 Å². The Labute approximate surface area is 97.0 Å².